The summed E-state index contributed by atoms with van der Waals surface area (Å²) in [5, 5.41) is 0. The third-order valence-corrected chi connectivity index (χ3v) is 9.96. The minimum absolute atomic E-state index is 0.0763. The van der Waals surface area contributed by atoms with Crippen LogP contribution in [0.1, 0.15) is 155 Å². The lowest BCUT2D eigenvalue weighted by Crippen LogP contribution is -2.37. The van der Waals surface area contributed by atoms with Gasteiger partial charge in [0, 0.05) is 13.0 Å². The molecular formula is C48H85NO7P+. The van der Waals surface area contributed by atoms with Crippen molar-refractivity contribution in [1.82, 2.24) is 0 Å². The first-order valence-electron chi connectivity index (χ1n) is 22.3. The van der Waals surface area contributed by atoms with Crippen molar-refractivity contribution in [2.45, 2.75) is 161 Å². The van der Waals surface area contributed by atoms with Gasteiger partial charge >= 0.3 is 13.8 Å². The fourth-order valence-corrected chi connectivity index (χ4v) is 6.27. The van der Waals surface area contributed by atoms with Crippen molar-refractivity contribution in [3.63, 3.8) is 0 Å². The summed E-state index contributed by atoms with van der Waals surface area (Å²) in [5.41, 5.74) is 0. The Morgan fingerprint density at radius 2 is 1.02 bits per heavy atom. The van der Waals surface area contributed by atoms with Gasteiger partial charge in [0.15, 0.2) is 0 Å². The highest BCUT2D eigenvalue weighted by Gasteiger charge is 2.26. The predicted molar refractivity (Wildman–Crippen MR) is 242 cm³/mol. The molecular weight excluding hydrogens is 734 g/mol. The molecule has 2 atom stereocenters. The molecule has 0 rings (SSSR count). The van der Waals surface area contributed by atoms with Crippen LogP contribution in [0.4, 0.5) is 0 Å². The maximum absolute atomic E-state index is 12.6. The Morgan fingerprint density at radius 3 is 1.49 bits per heavy atom. The molecule has 0 aliphatic rings. The van der Waals surface area contributed by atoms with Crippen LogP contribution >= 0.6 is 7.82 Å². The van der Waals surface area contributed by atoms with Gasteiger partial charge in [-0.05, 0) is 70.6 Å². The molecule has 9 heteroatoms. The third-order valence-electron chi connectivity index (χ3n) is 8.97. The van der Waals surface area contributed by atoms with E-state index < -0.39 is 13.9 Å². The summed E-state index contributed by atoms with van der Waals surface area (Å²) in [4.78, 5) is 22.8. The Hall–Kier alpha value is -2.32. The van der Waals surface area contributed by atoms with Gasteiger partial charge in [-0.3, -0.25) is 13.8 Å². The Labute approximate surface area is 350 Å². The molecule has 2 unspecified atom stereocenters. The number of ether oxygens (including phenoxy) is 2. The molecule has 0 aliphatic heterocycles. The van der Waals surface area contributed by atoms with E-state index in [4.69, 9.17) is 18.5 Å². The van der Waals surface area contributed by atoms with E-state index in [2.05, 4.69) is 98.9 Å². The number of phosphoric acid groups is 1. The number of allylic oxidation sites excluding steroid dienone is 14. The van der Waals surface area contributed by atoms with Crippen LogP contribution in [-0.4, -0.2) is 75.6 Å². The van der Waals surface area contributed by atoms with E-state index >= 15 is 0 Å². The van der Waals surface area contributed by atoms with Crippen molar-refractivity contribution in [2.75, 3.05) is 54.1 Å². The summed E-state index contributed by atoms with van der Waals surface area (Å²) in [6.07, 6.45) is 53.4. The first-order chi connectivity index (χ1) is 27.6. The molecule has 0 aromatic heterocycles. The second-order valence-electron chi connectivity index (χ2n) is 15.7. The Bertz CT molecular complexity index is 1180. The molecule has 0 bridgehead atoms. The molecule has 0 spiro atoms. The number of hydrogen-bond donors (Lipinski definition) is 1. The number of hydrogen-bond acceptors (Lipinski definition) is 6. The lowest BCUT2D eigenvalue weighted by molar-refractivity contribution is -0.870. The van der Waals surface area contributed by atoms with Gasteiger partial charge in [-0.2, -0.15) is 0 Å². The zero-order chi connectivity index (χ0) is 42.0. The lowest BCUT2D eigenvalue weighted by atomic mass is 10.1. The summed E-state index contributed by atoms with van der Waals surface area (Å²) in [6, 6.07) is 0. The largest absolute Gasteiger partial charge is 0.472 e. The van der Waals surface area contributed by atoms with Crippen LogP contribution in [0.3, 0.4) is 0 Å². The molecule has 0 amide bonds. The Balaban J connectivity index is 4.29. The number of nitrogens with zero attached hydrogens (tertiary/aromatic N) is 1. The molecule has 0 heterocycles. The average molecular weight is 819 g/mol. The van der Waals surface area contributed by atoms with E-state index in [9.17, 15) is 14.3 Å². The minimum Gasteiger partial charge on any atom is -0.457 e. The number of likely N-dealkylation sites (N-methyl/N-ethyl adjacent to an activating group) is 1. The van der Waals surface area contributed by atoms with Crippen molar-refractivity contribution < 1.29 is 37.3 Å². The number of unbranched alkanes of at least 4 members (excludes halogenated alkanes) is 12. The van der Waals surface area contributed by atoms with E-state index in [0.717, 1.165) is 83.5 Å². The van der Waals surface area contributed by atoms with Gasteiger partial charge in [-0.15, -0.1) is 0 Å². The van der Waals surface area contributed by atoms with Crippen molar-refractivity contribution in [3.05, 3.63) is 85.1 Å². The average Bonchev–Trinajstić information content (AvgIpc) is 3.16. The minimum atomic E-state index is -4.29. The van der Waals surface area contributed by atoms with Gasteiger partial charge in [0.05, 0.1) is 34.4 Å². The van der Waals surface area contributed by atoms with Crippen LogP contribution in [0.2, 0.25) is 0 Å². The molecule has 0 aromatic rings. The highest BCUT2D eigenvalue weighted by molar-refractivity contribution is 7.47. The van der Waals surface area contributed by atoms with E-state index in [-0.39, 0.29) is 25.8 Å². The van der Waals surface area contributed by atoms with Crippen molar-refractivity contribution in [1.29, 1.82) is 0 Å². The number of quaternary nitrogens is 1. The van der Waals surface area contributed by atoms with Crippen LogP contribution in [0.25, 0.3) is 0 Å². The summed E-state index contributed by atoms with van der Waals surface area (Å²) in [7, 11) is 1.63. The van der Waals surface area contributed by atoms with Crippen LogP contribution in [0.5, 0.6) is 0 Å². The summed E-state index contributed by atoms with van der Waals surface area (Å²) in [6.45, 7) is 5.36. The van der Waals surface area contributed by atoms with E-state index in [0.29, 0.717) is 24.1 Å². The topological polar surface area (TPSA) is 91.3 Å². The molecule has 0 saturated heterocycles. The molecule has 0 radical (unpaired) electrons. The summed E-state index contributed by atoms with van der Waals surface area (Å²) in [5.74, 6) is -0.334. The van der Waals surface area contributed by atoms with Gasteiger partial charge in [0.25, 0.3) is 0 Å². The Morgan fingerprint density at radius 1 is 0.561 bits per heavy atom. The Kier molecular flexibility index (Phi) is 38.8. The highest BCUT2D eigenvalue weighted by Crippen LogP contribution is 2.43. The SMILES string of the molecule is CC/C=C\C/C=C\C/C=C\C/C=C\C/C=C\C/C=C\C/C=C\CCCCOCC(COP(=O)(O)OCC[N+](C)(C)C)OC(=O)CCCCCCCCCCCCC. The van der Waals surface area contributed by atoms with Gasteiger partial charge in [0.2, 0.25) is 0 Å². The maximum Gasteiger partial charge on any atom is 0.472 e. The van der Waals surface area contributed by atoms with Crippen molar-refractivity contribution >= 4 is 13.8 Å². The van der Waals surface area contributed by atoms with Crippen molar-refractivity contribution in [2.24, 2.45) is 0 Å². The van der Waals surface area contributed by atoms with Crippen LogP contribution in [0, 0.1) is 0 Å². The quantitative estimate of drug-likeness (QED) is 0.0216. The van der Waals surface area contributed by atoms with E-state index in [1.807, 2.05) is 21.1 Å². The standard InChI is InChI=1S/C48H84NO7P/c1-6-8-10-12-14-16-18-19-20-21-22-23-24-25-26-27-28-29-30-32-34-36-38-40-43-53-45-47(46-55-57(51,52)54-44-42-49(3,4)5)56-48(50)41-39-37-35-33-31-17-15-13-11-9-7-2/h8,10,14,16,19-20,22-23,25-26,28-29,32,34,47H,6-7,9,11-13,15,17-18,21,24,27,30-31,33,35-46H2,1-5H3/p+1/b10-8-,16-14-,20-19-,23-22-,26-25-,29-28-,34-32-. The summed E-state index contributed by atoms with van der Waals surface area (Å²) >= 11 is 0. The van der Waals surface area contributed by atoms with Gasteiger partial charge < -0.3 is 18.9 Å². The molecule has 0 aliphatic carbocycles. The van der Waals surface area contributed by atoms with Gasteiger partial charge in [-0.1, -0.05) is 163 Å². The van der Waals surface area contributed by atoms with Crippen LogP contribution in [0.15, 0.2) is 85.1 Å². The van der Waals surface area contributed by atoms with Gasteiger partial charge in [-0.25, -0.2) is 4.57 Å². The molecule has 1 N–H and O–H groups in total. The predicted octanol–water partition coefficient (Wildman–Crippen LogP) is 13.3. The molecule has 8 nitrogen and oxygen atoms in total. The smallest absolute Gasteiger partial charge is 0.457 e. The number of phosphoric ester groups is 1. The summed E-state index contributed by atoms with van der Waals surface area (Å²) < 4.78 is 34.9. The van der Waals surface area contributed by atoms with Crippen LogP contribution < -0.4 is 0 Å². The molecule has 0 aromatic carbocycles. The number of carbonyl (C=O) groups excluding carboxylic acids is 1. The first kappa shape index (κ1) is 54.7. The number of carbonyl (C=O) groups is 1. The first-order valence-corrected chi connectivity index (χ1v) is 23.8. The molecule has 328 valence electrons. The fourth-order valence-electron chi connectivity index (χ4n) is 5.53. The highest BCUT2D eigenvalue weighted by atomic mass is 31.2. The van der Waals surface area contributed by atoms with Gasteiger partial charge in [0.1, 0.15) is 19.3 Å². The lowest BCUT2D eigenvalue weighted by Gasteiger charge is -2.24. The number of esters is 1. The molecule has 57 heavy (non-hydrogen) atoms. The van der Waals surface area contributed by atoms with Crippen LogP contribution in [-0.2, 0) is 27.9 Å². The zero-order valence-corrected chi connectivity index (χ0v) is 37.9. The normalized spacial score (nSPS) is 14.6. The monoisotopic (exact) mass is 819 g/mol. The zero-order valence-electron chi connectivity index (χ0n) is 37.0. The van der Waals surface area contributed by atoms with E-state index in [1.165, 1.54) is 51.4 Å². The number of rotatable bonds is 40. The second kappa shape index (κ2) is 40.5. The van der Waals surface area contributed by atoms with E-state index in [1.54, 1.807) is 0 Å². The fraction of sp³-hybridized carbons (Fsp3) is 0.688. The molecule has 0 fully saturated rings. The van der Waals surface area contributed by atoms with Crippen molar-refractivity contribution in [3.8, 4) is 0 Å². The third kappa shape index (κ3) is 44.6. The maximum atomic E-state index is 12.6. The molecule has 0 saturated carbocycles. The second-order valence-corrected chi connectivity index (χ2v) is 17.2.